The van der Waals surface area contributed by atoms with E-state index in [1.807, 2.05) is 36.0 Å². The number of fused-ring (bicyclic) bond motifs is 3. The highest BCUT2D eigenvalue weighted by molar-refractivity contribution is 9.10. The normalized spacial score (nSPS) is 18.3. The molecule has 1 amide bonds. The van der Waals surface area contributed by atoms with Crippen molar-refractivity contribution in [2.45, 2.75) is 13.0 Å². The van der Waals surface area contributed by atoms with Crippen LogP contribution in [0.5, 0.6) is 0 Å². The van der Waals surface area contributed by atoms with E-state index in [4.69, 9.17) is 0 Å². The average molecular weight is 305 g/mol. The Labute approximate surface area is 114 Å². The van der Waals surface area contributed by atoms with Crippen LogP contribution in [0.4, 0.5) is 0 Å². The monoisotopic (exact) mass is 304 g/mol. The van der Waals surface area contributed by atoms with Crippen molar-refractivity contribution in [3.8, 4) is 5.69 Å². The molecule has 1 atom stereocenters. The lowest BCUT2D eigenvalue weighted by Gasteiger charge is -2.23. The smallest absolute Gasteiger partial charge is 0.271 e. The first-order valence-electron chi connectivity index (χ1n) is 5.84. The van der Waals surface area contributed by atoms with Gasteiger partial charge in [0.05, 0.1) is 11.7 Å². The number of benzene rings is 1. The first-order valence-corrected chi connectivity index (χ1v) is 6.63. The number of amides is 1. The van der Waals surface area contributed by atoms with Crippen molar-refractivity contribution in [3.63, 3.8) is 0 Å². The average Bonchev–Trinajstić information content (AvgIpc) is 2.82. The Morgan fingerprint density at radius 2 is 2.06 bits per heavy atom. The van der Waals surface area contributed by atoms with Crippen LogP contribution in [0.1, 0.15) is 29.0 Å². The highest BCUT2D eigenvalue weighted by atomic mass is 79.9. The third kappa shape index (κ3) is 1.52. The van der Waals surface area contributed by atoms with E-state index >= 15 is 0 Å². The molecular weight excluding hydrogens is 292 g/mol. The second-order valence-electron chi connectivity index (χ2n) is 4.56. The van der Waals surface area contributed by atoms with Crippen LogP contribution < -0.4 is 0 Å². The van der Waals surface area contributed by atoms with Crippen molar-refractivity contribution < 1.29 is 4.79 Å². The molecule has 0 bridgehead atoms. The van der Waals surface area contributed by atoms with Crippen molar-refractivity contribution in [2.24, 2.45) is 0 Å². The molecule has 2 heterocycles. The maximum atomic E-state index is 12.4. The number of hydrogen-bond donors (Lipinski definition) is 0. The molecule has 1 aliphatic heterocycles. The van der Waals surface area contributed by atoms with Gasteiger partial charge >= 0.3 is 0 Å². The van der Waals surface area contributed by atoms with E-state index in [0.29, 0.717) is 5.69 Å². The molecule has 0 aliphatic carbocycles. The van der Waals surface area contributed by atoms with Crippen molar-refractivity contribution in [3.05, 3.63) is 52.3 Å². The number of hydrogen-bond acceptors (Lipinski definition) is 1. The van der Waals surface area contributed by atoms with Gasteiger partial charge in [0.2, 0.25) is 0 Å². The fourth-order valence-corrected chi connectivity index (χ4v) is 2.76. The van der Waals surface area contributed by atoms with Crippen molar-refractivity contribution in [2.75, 3.05) is 7.05 Å². The summed E-state index contributed by atoms with van der Waals surface area (Å²) in [7, 11) is 1.85. The van der Waals surface area contributed by atoms with Gasteiger partial charge in [-0.05, 0) is 36.8 Å². The fourth-order valence-electron chi connectivity index (χ4n) is 2.41. The Balaban J connectivity index is 2.35. The minimum atomic E-state index is 0.0554. The van der Waals surface area contributed by atoms with E-state index < -0.39 is 0 Å². The van der Waals surface area contributed by atoms with Gasteiger partial charge < -0.3 is 9.47 Å². The number of nitrogens with zero attached hydrogens (tertiary/aromatic N) is 2. The van der Waals surface area contributed by atoms with Gasteiger partial charge in [-0.2, -0.15) is 0 Å². The van der Waals surface area contributed by atoms with Crippen LogP contribution in [0.3, 0.4) is 0 Å². The molecule has 92 valence electrons. The highest BCUT2D eigenvalue weighted by Crippen LogP contribution is 2.33. The third-order valence-corrected chi connectivity index (χ3v) is 4.06. The summed E-state index contributed by atoms with van der Waals surface area (Å²) in [5.41, 5.74) is 2.93. The molecule has 1 unspecified atom stereocenters. The summed E-state index contributed by atoms with van der Waals surface area (Å²) in [6.45, 7) is 2.05. The summed E-state index contributed by atoms with van der Waals surface area (Å²) in [5.74, 6) is 0.0554. The highest BCUT2D eigenvalue weighted by Gasteiger charge is 2.28. The van der Waals surface area contributed by atoms with E-state index in [0.717, 1.165) is 15.7 Å². The van der Waals surface area contributed by atoms with E-state index in [1.54, 1.807) is 4.90 Å². The molecule has 2 aromatic rings. The van der Waals surface area contributed by atoms with Crippen LogP contribution in [-0.2, 0) is 0 Å². The lowest BCUT2D eigenvalue weighted by Crippen LogP contribution is -2.28. The Bertz CT molecular complexity index is 632. The number of carbonyl (C=O) groups is 1. The molecule has 0 N–H and O–H groups in total. The molecule has 0 saturated heterocycles. The van der Waals surface area contributed by atoms with Crippen LogP contribution in [0.25, 0.3) is 5.69 Å². The summed E-state index contributed by atoms with van der Waals surface area (Å²) in [6, 6.07) is 9.98. The van der Waals surface area contributed by atoms with Gasteiger partial charge in [-0.15, -0.1) is 0 Å². The Morgan fingerprint density at radius 1 is 1.28 bits per heavy atom. The van der Waals surface area contributed by atoms with Gasteiger partial charge in [-0.1, -0.05) is 22.0 Å². The maximum Gasteiger partial charge on any atom is 0.271 e. The van der Waals surface area contributed by atoms with E-state index in [-0.39, 0.29) is 11.9 Å². The molecular formula is C14H13BrN2O. The molecule has 3 nitrogen and oxygen atoms in total. The molecule has 3 rings (SSSR count). The van der Waals surface area contributed by atoms with Crippen LogP contribution in [-0.4, -0.2) is 22.4 Å². The van der Waals surface area contributed by atoms with Crippen molar-refractivity contribution >= 4 is 21.8 Å². The molecule has 0 fully saturated rings. The van der Waals surface area contributed by atoms with Gasteiger partial charge in [0.1, 0.15) is 5.69 Å². The van der Waals surface area contributed by atoms with Crippen LogP contribution in [0.2, 0.25) is 0 Å². The minimum Gasteiger partial charge on any atom is -0.334 e. The van der Waals surface area contributed by atoms with Crippen molar-refractivity contribution in [1.29, 1.82) is 0 Å². The Morgan fingerprint density at radius 3 is 2.83 bits per heavy atom. The topological polar surface area (TPSA) is 25.2 Å². The molecule has 1 aromatic heterocycles. The Hall–Kier alpha value is -1.55. The van der Waals surface area contributed by atoms with Crippen molar-refractivity contribution in [1.82, 2.24) is 9.47 Å². The number of aromatic nitrogens is 1. The standard InChI is InChI=1S/C14H13BrN2O/c1-9-11-6-5-10(15)8-13(11)17-7-3-4-12(17)14(18)16(9)2/h3-9H,1-2H3. The Kier molecular flexibility index (Phi) is 2.55. The van der Waals surface area contributed by atoms with Gasteiger partial charge in [0.25, 0.3) is 5.91 Å². The lowest BCUT2D eigenvalue weighted by atomic mass is 10.1. The first kappa shape index (κ1) is 11.5. The van der Waals surface area contributed by atoms with Gasteiger partial charge in [-0.25, -0.2) is 0 Å². The second kappa shape index (κ2) is 3.99. The summed E-state index contributed by atoms with van der Waals surface area (Å²) < 4.78 is 2.98. The van der Waals surface area contributed by atoms with E-state index in [2.05, 4.69) is 35.0 Å². The molecule has 0 spiro atoms. The zero-order valence-electron chi connectivity index (χ0n) is 10.2. The summed E-state index contributed by atoms with van der Waals surface area (Å²) in [4.78, 5) is 14.1. The van der Waals surface area contributed by atoms with Gasteiger partial charge in [0, 0.05) is 17.7 Å². The third-order valence-electron chi connectivity index (χ3n) is 3.57. The van der Waals surface area contributed by atoms with Crippen LogP contribution in [0, 0.1) is 0 Å². The molecule has 0 saturated carbocycles. The van der Waals surface area contributed by atoms with Gasteiger partial charge in [0.15, 0.2) is 0 Å². The number of rotatable bonds is 0. The zero-order valence-corrected chi connectivity index (χ0v) is 11.8. The summed E-state index contributed by atoms with van der Waals surface area (Å²) in [6.07, 6.45) is 1.93. The maximum absolute atomic E-state index is 12.4. The predicted octanol–water partition coefficient (Wildman–Crippen LogP) is 3.39. The first-order chi connectivity index (χ1) is 8.59. The van der Waals surface area contributed by atoms with Gasteiger partial charge in [-0.3, -0.25) is 4.79 Å². The second-order valence-corrected chi connectivity index (χ2v) is 5.47. The fraction of sp³-hybridized carbons (Fsp3) is 0.214. The lowest BCUT2D eigenvalue weighted by molar-refractivity contribution is 0.0741. The van der Waals surface area contributed by atoms with Crippen LogP contribution >= 0.6 is 15.9 Å². The van der Waals surface area contributed by atoms with E-state index in [1.165, 1.54) is 0 Å². The largest absolute Gasteiger partial charge is 0.334 e. The molecule has 0 radical (unpaired) electrons. The molecule has 1 aliphatic rings. The predicted molar refractivity (Wildman–Crippen MR) is 74.0 cm³/mol. The molecule has 18 heavy (non-hydrogen) atoms. The van der Waals surface area contributed by atoms with E-state index in [9.17, 15) is 4.79 Å². The molecule has 1 aromatic carbocycles. The number of carbonyl (C=O) groups excluding carboxylic acids is 1. The molecule has 4 heteroatoms. The van der Waals surface area contributed by atoms with Crippen LogP contribution in [0.15, 0.2) is 41.0 Å². The number of halogens is 1. The SMILES string of the molecule is CC1c2ccc(Br)cc2-n2cccc2C(=O)N1C. The zero-order chi connectivity index (χ0) is 12.9. The summed E-state index contributed by atoms with van der Waals surface area (Å²) in [5, 5.41) is 0. The minimum absolute atomic E-state index is 0.0554. The quantitative estimate of drug-likeness (QED) is 0.732. The summed E-state index contributed by atoms with van der Waals surface area (Å²) >= 11 is 3.49.